The van der Waals surface area contributed by atoms with Gasteiger partial charge < -0.3 is 9.30 Å². The molecule has 5 nitrogen and oxygen atoms in total. The van der Waals surface area contributed by atoms with Crippen LogP contribution in [0.15, 0.2) is 17.2 Å². The monoisotopic (exact) mass is 318 g/mol. The molecule has 22 heavy (non-hydrogen) atoms. The van der Waals surface area contributed by atoms with E-state index < -0.39 is 35.5 Å². The first-order chi connectivity index (χ1) is 10.3. The van der Waals surface area contributed by atoms with E-state index in [4.69, 9.17) is 4.74 Å². The van der Waals surface area contributed by atoms with Crippen molar-refractivity contribution in [2.24, 2.45) is 0 Å². The summed E-state index contributed by atoms with van der Waals surface area (Å²) in [6, 6.07) is -0.572. The quantitative estimate of drug-likeness (QED) is 0.801. The number of carbonyl (C=O) groups is 1. The molecule has 2 unspecified atom stereocenters. The van der Waals surface area contributed by atoms with Gasteiger partial charge in [0, 0.05) is 12.6 Å². The Morgan fingerprint density at radius 3 is 2.82 bits per heavy atom. The average Bonchev–Trinajstić information content (AvgIpc) is 2.86. The van der Waals surface area contributed by atoms with Crippen LogP contribution in [0.2, 0.25) is 0 Å². The minimum Gasteiger partial charge on any atom is -0.460 e. The standard InChI is InChI=1S/C14H17F3N2O3/c1-2-4-13(21)22-10-6-3-5-9(10)19-8-11(14(15,16)17)18-7-12(19)20/h7-10H,2-6H2,1H3. The zero-order valence-electron chi connectivity index (χ0n) is 12.1. The summed E-state index contributed by atoms with van der Waals surface area (Å²) in [6.45, 7) is 1.83. The van der Waals surface area contributed by atoms with Gasteiger partial charge in [-0.2, -0.15) is 13.2 Å². The maximum atomic E-state index is 12.7. The molecule has 0 spiro atoms. The van der Waals surface area contributed by atoms with E-state index in [0.717, 1.165) is 4.57 Å². The summed E-state index contributed by atoms with van der Waals surface area (Å²) in [4.78, 5) is 26.6. The topological polar surface area (TPSA) is 61.2 Å². The molecule has 2 atom stereocenters. The number of halogens is 3. The summed E-state index contributed by atoms with van der Waals surface area (Å²) >= 11 is 0. The summed E-state index contributed by atoms with van der Waals surface area (Å²) in [7, 11) is 0. The maximum absolute atomic E-state index is 12.7. The van der Waals surface area contributed by atoms with Gasteiger partial charge in [-0.25, -0.2) is 4.98 Å². The highest BCUT2D eigenvalue weighted by atomic mass is 19.4. The summed E-state index contributed by atoms with van der Waals surface area (Å²) in [6.07, 6.45) is -1.23. The fourth-order valence-electron chi connectivity index (χ4n) is 2.62. The van der Waals surface area contributed by atoms with E-state index in [1.165, 1.54) is 0 Å². The first-order valence-electron chi connectivity index (χ1n) is 7.17. The molecule has 1 aliphatic carbocycles. The lowest BCUT2D eigenvalue weighted by Gasteiger charge is -2.22. The molecule has 0 aromatic carbocycles. The Morgan fingerprint density at radius 2 is 2.18 bits per heavy atom. The molecule has 0 amide bonds. The molecule has 1 fully saturated rings. The number of carbonyl (C=O) groups excluding carboxylic acids is 1. The van der Waals surface area contributed by atoms with Gasteiger partial charge in [0.25, 0.3) is 5.56 Å². The highest BCUT2D eigenvalue weighted by Crippen LogP contribution is 2.33. The second kappa shape index (κ2) is 6.50. The van der Waals surface area contributed by atoms with Crippen LogP contribution in [-0.4, -0.2) is 21.6 Å². The summed E-state index contributed by atoms with van der Waals surface area (Å²) in [5, 5.41) is 0. The molecule has 2 rings (SSSR count). The molecule has 0 bridgehead atoms. The van der Waals surface area contributed by atoms with Crippen LogP contribution in [0, 0.1) is 0 Å². The maximum Gasteiger partial charge on any atom is 0.434 e. The van der Waals surface area contributed by atoms with Crippen LogP contribution in [0.4, 0.5) is 13.2 Å². The third-order valence-electron chi connectivity index (χ3n) is 3.63. The van der Waals surface area contributed by atoms with Gasteiger partial charge in [-0.3, -0.25) is 9.59 Å². The summed E-state index contributed by atoms with van der Waals surface area (Å²) in [5.74, 6) is -0.391. The van der Waals surface area contributed by atoms with Crippen LogP contribution in [0.25, 0.3) is 0 Å². The van der Waals surface area contributed by atoms with Crippen molar-refractivity contribution in [3.8, 4) is 0 Å². The van der Waals surface area contributed by atoms with Gasteiger partial charge in [-0.1, -0.05) is 6.92 Å². The van der Waals surface area contributed by atoms with Crippen LogP contribution >= 0.6 is 0 Å². The van der Waals surface area contributed by atoms with Gasteiger partial charge in [-0.15, -0.1) is 0 Å². The number of esters is 1. The lowest BCUT2D eigenvalue weighted by Crippen LogP contribution is -2.33. The molecule has 122 valence electrons. The minimum absolute atomic E-state index is 0.252. The van der Waals surface area contributed by atoms with E-state index in [9.17, 15) is 22.8 Å². The third kappa shape index (κ3) is 3.66. The molecule has 1 saturated carbocycles. The second-order valence-corrected chi connectivity index (χ2v) is 5.29. The van der Waals surface area contributed by atoms with Crippen molar-refractivity contribution in [2.75, 3.05) is 0 Å². The van der Waals surface area contributed by atoms with Crippen molar-refractivity contribution in [2.45, 2.75) is 57.3 Å². The number of hydrogen-bond donors (Lipinski definition) is 0. The van der Waals surface area contributed by atoms with Crippen LogP contribution in [0.5, 0.6) is 0 Å². The van der Waals surface area contributed by atoms with E-state index >= 15 is 0 Å². The van der Waals surface area contributed by atoms with Crippen molar-refractivity contribution in [3.63, 3.8) is 0 Å². The van der Waals surface area contributed by atoms with Crippen molar-refractivity contribution < 1.29 is 22.7 Å². The molecule has 8 heteroatoms. The van der Waals surface area contributed by atoms with Gasteiger partial charge >= 0.3 is 12.1 Å². The fourth-order valence-corrected chi connectivity index (χ4v) is 2.62. The molecule has 0 aliphatic heterocycles. The third-order valence-corrected chi connectivity index (χ3v) is 3.63. The Labute approximate surface area is 125 Å². The van der Waals surface area contributed by atoms with E-state index in [-0.39, 0.29) is 6.42 Å². The zero-order valence-corrected chi connectivity index (χ0v) is 12.1. The highest BCUT2D eigenvalue weighted by Gasteiger charge is 2.36. The normalized spacial score (nSPS) is 21.8. The summed E-state index contributed by atoms with van der Waals surface area (Å²) in [5.41, 5.74) is -1.76. The summed E-state index contributed by atoms with van der Waals surface area (Å²) < 4.78 is 44.5. The molecule has 0 N–H and O–H groups in total. The molecule has 1 heterocycles. The van der Waals surface area contributed by atoms with Crippen LogP contribution in [0.3, 0.4) is 0 Å². The van der Waals surface area contributed by atoms with Gasteiger partial charge in [0.2, 0.25) is 0 Å². The van der Waals surface area contributed by atoms with E-state index in [2.05, 4.69) is 4.98 Å². The van der Waals surface area contributed by atoms with Gasteiger partial charge in [0.15, 0.2) is 5.69 Å². The van der Waals surface area contributed by atoms with Crippen LogP contribution in [0.1, 0.15) is 50.8 Å². The van der Waals surface area contributed by atoms with Crippen molar-refractivity contribution in [1.29, 1.82) is 0 Å². The Bertz CT molecular complexity index is 598. The van der Waals surface area contributed by atoms with Crippen molar-refractivity contribution in [3.05, 3.63) is 28.4 Å². The zero-order chi connectivity index (χ0) is 16.3. The van der Waals surface area contributed by atoms with E-state index in [0.29, 0.717) is 38.1 Å². The largest absolute Gasteiger partial charge is 0.460 e. The second-order valence-electron chi connectivity index (χ2n) is 5.29. The number of nitrogens with zero attached hydrogens (tertiary/aromatic N) is 2. The lowest BCUT2D eigenvalue weighted by atomic mass is 10.2. The SMILES string of the molecule is CCCC(=O)OC1CCCC1n1cc(C(F)(F)F)ncc1=O. The average molecular weight is 318 g/mol. The smallest absolute Gasteiger partial charge is 0.434 e. The number of hydrogen-bond acceptors (Lipinski definition) is 4. The number of aromatic nitrogens is 2. The Morgan fingerprint density at radius 1 is 1.45 bits per heavy atom. The van der Waals surface area contributed by atoms with E-state index in [1.54, 1.807) is 0 Å². The molecule has 1 aliphatic rings. The predicted molar refractivity (Wildman–Crippen MR) is 71.2 cm³/mol. The van der Waals surface area contributed by atoms with Crippen LogP contribution < -0.4 is 5.56 Å². The Balaban J connectivity index is 2.26. The van der Waals surface area contributed by atoms with Gasteiger partial charge in [-0.05, 0) is 25.7 Å². The van der Waals surface area contributed by atoms with Gasteiger partial charge in [0.1, 0.15) is 6.10 Å². The molecule has 0 radical (unpaired) electrons. The Kier molecular flexibility index (Phi) is 4.87. The molecule has 1 aromatic heterocycles. The van der Waals surface area contributed by atoms with Crippen molar-refractivity contribution >= 4 is 5.97 Å². The Hall–Kier alpha value is -1.86. The number of ether oxygens (including phenoxy) is 1. The van der Waals surface area contributed by atoms with Crippen LogP contribution in [-0.2, 0) is 15.7 Å². The molecular formula is C14H17F3N2O3. The predicted octanol–water partition coefficient (Wildman–Crippen LogP) is 2.70. The minimum atomic E-state index is -4.62. The first-order valence-corrected chi connectivity index (χ1v) is 7.17. The fraction of sp³-hybridized carbons (Fsp3) is 0.643. The lowest BCUT2D eigenvalue weighted by molar-refractivity contribution is -0.151. The van der Waals surface area contributed by atoms with E-state index in [1.807, 2.05) is 6.92 Å². The highest BCUT2D eigenvalue weighted by molar-refractivity contribution is 5.69. The molecule has 1 aromatic rings. The number of rotatable bonds is 4. The molecular weight excluding hydrogens is 301 g/mol. The number of alkyl halides is 3. The molecule has 0 saturated heterocycles. The first kappa shape index (κ1) is 16.5. The van der Waals surface area contributed by atoms with Crippen molar-refractivity contribution in [1.82, 2.24) is 9.55 Å². The van der Waals surface area contributed by atoms with Gasteiger partial charge in [0.05, 0.1) is 12.2 Å².